The first-order valence-electron chi connectivity index (χ1n) is 14.1. The van der Waals surface area contributed by atoms with Crippen molar-refractivity contribution in [3.05, 3.63) is 11.6 Å². The zero-order valence-corrected chi connectivity index (χ0v) is 22.6. The molecule has 0 saturated heterocycles. The molecule has 0 unspecified atom stereocenters. The zero-order chi connectivity index (χ0) is 25.7. The van der Waals surface area contributed by atoms with Gasteiger partial charge in [-0.25, -0.2) is 0 Å². The van der Waals surface area contributed by atoms with Crippen molar-refractivity contribution >= 4 is 5.97 Å². The maximum atomic E-state index is 12.8. The highest BCUT2D eigenvalue weighted by atomic mass is 16.4. The zero-order valence-electron chi connectivity index (χ0n) is 22.6. The van der Waals surface area contributed by atoms with Crippen LogP contribution in [0.25, 0.3) is 0 Å². The number of hydrogen-bond acceptors (Lipinski definition) is 4. The van der Waals surface area contributed by atoms with Crippen LogP contribution in [0.2, 0.25) is 0 Å². The Balaban J connectivity index is 1.59. The summed E-state index contributed by atoms with van der Waals surface area (Å²) in [5, 5.41) is 42.0. The second-order valence-electron chi connectivity index (χ2n) is 14.7. The monoisotopic (exact) mass is 488 g/mol. The van der Waals surface area contributed by atoms with Crippen LogP contribution in [0.5, 0.6) is 0 Å². The third kappa shape index (κ3) is 3.07. The molecule has 0 aromatic rings. The Kier molecular flexibility index (Phi) is 5.73. The molecule has 5 aliphatic carbocycles. The molecule has 4 fully saturated rings. The quantitative estimate of drug-likeness (QED) is 0.411. The highest BCUT2D eigenvalue weighted by molar-refractivity contribution is 5.76. The molecule has 35 heavy (non-hydrogen) atoms. The number of rotatable bonds is 3. The second kappa shape index (κ2) is 7.80. The fourth-order valence-corrected chi connectivity index (χ4v) is 10.7. The number of carbonyl (C=O) groups is 1. The molecule has 5 nitrogen and oxygen atoms in total. The van der Waals surface area contributed by atoms with Gasteiger partial charge in [-0.1, -0.05) is 46.3 Å². The van der Waals surface area contributed by atoms with E-state index in [2.05, 4.69) is 40.7 Å². The van der Waals surface area contributed by atoms with Gasteiger partial charge < -0.3 is 20.4 Å². The minimum atomic E-state index is -0.700. The van der Waals surface area contributed by atoms with Crippen molar-refractivity contribution in [3.63, 3.8) is 0 Å². The topological polar surface area (TPSA) is 98.0 Å². The summed E-state index contributed by atoms with van der Waals surface area (Å²) in [5.41, 5.74) is 0.0261. The van der Waals surface area contributed by atoms with E-state index in [0.29, 0.717) is 12.3 Å². The summed E-state index contributed by atoms with van der Waals surface area (Å²) in [6, 6.07) is 0. The number of aliphatic hydroxyl groups excluding tert-OH is 3. The van der Waals surface area contributed by atoms with E-state index < -0.39 is 22.9 Å². The van der Waals surface area contributed by atoms with Gasteiger partial charge in [0.1, 0.15) is 0 Å². The first-order valence-corrected chi connectivity index (χ1v) is 14.1. The van der Waals surface area contributed by atoms with Gasteiger partial charge in [0.05, 0.1) is 18.1 Å². The Bertz CT molecular complexity index is 930. The first-order chi connectivity index (χ1) is 16.3. The summed E-state index contributed by atoms with van der Waals surface area (Å²) in [4.78, 5) is 12.8. The summed E-state index contributed by atoms with van der Waals surface area (Å²) in [6.07, 6.45) is 10.5. The number of hydrogen-bond donors (Lipinski definition) is 4. The molecular formula is C30H48O5. The van der Waals surface area contributed by atoms with Gasteiger partial charge in [0.15, 0.2) is 0 Å². The Hall–Kier alpha value is -0.910. The number of carboxylic acids is 1. The molecule has 5 heteroatoms. The summed E-state index contributed by atoms with van der Waals surface area (Å²) >= 11 is 0. The van der Waals surface area contributed by atoms with Crippen LogP contribution in [-0.2, 0) is 4.79 Å². The average molecular weight is 489 g/mol. The predicted octanol–water partition coefficient (Wildman–Crippen LogP) is 5.18. The minimum Gasteiger partial charge on any atom is -0.481 e. The van der Waals surface area contributed by atoms with E-state index in [0.717, 1.165) is 57.8 Å². The summed E-state index contributed by atoms with van der Waals surface area (Å²) in [5.74, 6) is 0.0812. The fraction of sp³-hybridized carbons (Fsp3) is 0.900. The molecule has 0 amide bonds. The lowest BCUT2D eigenvalue weighted by atomic mass is 9.33. The molecular weight excluding hydrogens is 440 g/mol. The molecule has 4 N–H and O–H groups in total. The first kappa shape index (κ1) is 25.7. The van der Waals surface area contributed by atoms with Gasteiger partial charge in [-0.2, -0.15) is 0 Å². The molecule has 10 atom stereocenters. The van der Waals surface area contributed by atoms with Gasteiger partial charge in [0.25, 0.3) is 0 Å². The maximum Gasteiger partial charge on any atom is 0.310 e. The average Bonchev–Trinajstić information content (AvgIpc) is 2.82. The van der Waals surface area contributed by atoms with Gasteiger partial charge in [0, 0.05) is 12.0 Å². The van der Waals surface area contributed by atoms with Crippen LogP contribution in [0.1, 0.15) is 98.8 Å². The lowest BCUT2D eigenvalue weighted by Gasteiger charge is -2.71. The van der Waals surface area contributed by atoms with Crippen molar-refractivity contribution in [3.8, 4) is 0 Å². The van der Waals surface area contributed by atoms with Gasteiger partial charge in [0.2, 0.25) is 0 Å². The lowest BCUT2D eigenvalue weighted by molar-refractivity contribution is -0.216. The van der Waals surface area contributed by atoms with Crippen LogP contribution in [0, 0.1) is 50.2 Å². The van der Waals surface area contributed by atoms with E-state index >= 15 is 0 Å². The lowest BCUT2D eigenvalue weighted by Crippen LogP contribution is -2.66. The van der Waals surface area contributed by atoms with Crippen molar-refractivity contribution < 1.29 is 25.2 Å². The van der Waals surface area contributed by atoms with Crippen molar-refractivity contribution in [2.75, 3.05) is 13.2 Å². The Morgan fingerprint density at radius 3 is 2.23 bits per heavy atom. The van der Waals surface area contributed by atoms with Crippen molar-refractivity contribution in [1.82, 2.24) is 0 Å². The second-order valence-corrected chi connectivity index (χ2v) is 14.7. The molecule has 0 aromatic carbocycles. The third-order valence-corrected chi connectivity index (χ3v) is 13.4. The molecule has 0 aromatic heterocycles. The van der Waals surface area contributed by atoms with E-state index in [1.54, 1.807) is 0 Å². The largest absolute Gasteiger partial charge is 0.481 e. The molecule has 5 aliphatic rings. The molecule has 0 spiro atoms. The Morgan fingerprint density at radius 1 is 0.914 bits per heavy atom. The Labute approximate surface area is 211 Å². The smallest absolute Gasteiger partial charge is 0.310 e. The van der Waals surface area contributed by atoms with Gasteiger partial charge in [-0.15, -0.1) is 0 Å². The molecule has 198 valence electrons. The number of allylic oxidation sites excluding steroid dienone is 2. The van der Waals surface area contributed by atoms with E-state index in [4.69, 9.17) is 0 Å². The van der Waals surface area contributed by atoms with Crippen LogP contribution >= 0.6 is 0 Å². The summed E-state index contributed by atoms with van der Waals surface area (Å²) in [6.45, 7) is 11.7. The molecule has 0 bridgehead atoms. The van der Waals surface area contributed by atoms with E-state index in [1.165, 1.54) is 5.57 Å². The maximum absolute atomic E-state index is 12.8. The summed E-state index contributed by atoms with van der Waals surface area (Å²) < 4.78 is 0. The van der Waals surface area contributed by atoms with Crippen LogP contribution in [0.3, 0.4) is 0 Å². The fourth-order valence-electron chi connectivity index (χ4n) is 10.7. The molecule has 5 rings (SSSR count). The van der Waals surface area contributed by atoms with E-state index in [9.17, 15) is 25.2 Å². The molecule has 4 saturated carbocycles. The number of aliphatic carboxylic acids is 1. The predicted molar refractivity (Wildman–Crippen MR) is 136 cm³/mol. The molecule has 0 aliphatic heterocycles. The van der Waals surface area contributed by atoms with Crippen LogP contribution in [-0.4, -0.2) is 45.7 Å². The van der Waals surface area contributed by atoms with Crippen molar-refractivity contribution in [2.45, 2.75) is 105 Å². The summed E-state index contributed by atoms with van der Waals surface area (Å²) in [7, 11) is 0. The number of aliphatic hydroxyl groups is 3. The third-order valence-electron chi connectivity index (χ3n) is 13.4. The number of fused-ring (bicyclic) bond motifs is 7. The standard InChI is InChI=1S/C30H48O5/c1-25(17-31)12-14-30(24(34)35)15-13-28(4)19(20(30)16-25)6-7-22-26(2)10-9-23(33)27(3,18-32)21(26)8-11-29(22,28)5/h6,20-23,31-33H,7-18H2,1-5H3,(H,34,35)/t20-,21+,22+,23+,25+,26-,27+,28+,29+,30-/m0/s1. The van der Waals surface area contributed by atoms with Crippen molar-refractivity contribution in [1.29, 1.82) is 0 Å². The van der Waals surface area contributed by atoms with Gasteiger partial charge in [-0.05, 0) is 104 Å². The molecule has 0 heterocycles. The van der Waals surface area contributed by atoms with E-state index in [-0.39, 0.29) is 46.7 Å². The van der Waals surface area contributed by atoms with Crippen LogP contribution < -0.4 is 0 Å². The minimum absolute atomic E-state index is 0.0103. The number of carboxylic acid groups (broad SMARTS) is 1. The van der Waals surface area contributed by atoms with E-state index in [1.807, 2.05) is 0 Å². The normalized spacial score (nSPS) is 55.6. The SMILES string of the molecule is C[C@@]1(CO)CC[C@]2(C(=O)O)CC[C@]3(C)C(=CC[C@@H]4[C@@]5(C)CC[C@@H](O)[C@](C)(CO)[C@@H]5CC[C@]43C)[C@@H]2C1. The highest BCUT2D eigenvalue weighted by Crippen LogP contribution is 2.75. The van der Waals surface area contributed by atoms with Crippen LogP contribution in [0.4, 0.5) is 0 Å². The van der Waals surface area contributed by atoms with Gasteiger partial charge >= 0.3 is 5.97 Å². The van der Waals surface area contributed by atoms with Crippen LogP contribution in [0.15, 0.2) is 11.6 Å². The Morgan fingerprint density at radius 2 is 1.60 bits per heavy atom. The molecule has 0 radical (unpaired) electrons. The highest BCUT2D eigenvalue weighted by Gasteiger charge is 2.69. The van der Waals surface area contributed by atoms with Crippen molar-refractivity contribution in [2.24, 2.45) is 50.2 Å². The van der Waals surface area contributed by atoms with Gasteiger partial charge in [-0.3, -0.25) is 4.79 Å².